The van der Waals surface area contributed by atoms with E-state index in [0.29, 0.717) is 5.56 Å². The van der Waals surface area contributed by atoms with Crippen molar-refractivity contribution in [3.63, 3.8) is 0 Å². The van der Waals surface area contributed by atoms with Gasteiger partial charge in [0.25, 0.3) is 0 Å². The number of hydrogen-bond acceptors (Lipinski definition) is 1. The van der Waals surface area contributed by atoms with Crippen LogP contribution >= 0.6 is 0 Å². The maximum absolute atomic E-state index is 13.0. The molecule has 4 aromatic rings. The van der Waals surface area contributed by atoms with Crippen molar-refractivity contribution >= 4 is 16.7 Å². The van der Waals surface area contributed by atoms with Crippen molar-refractivity contribution in [2.24, 2.45) is 0 Å². The summed E-state index contributed by atoms with van der Waals surface area (Å²) in [6, 6.07) is 18.1. The summed E-state index contributed by atoms with van der Waals surface area (Å²) in [6.45, 7) is 0.244. The van der Waals surface area contributed by atoms with Gasteiger partial charge in [0.1, 0.15) is 5.82 Å². The van der Waals surface area contributed by atoms with Gasteiger partial charge in [-0.25, -0.2) is 4.39 Å². The topological polar surface area (TPSA) is 36.7 Å². The van der Waals surface area contributed by atoms with Gasteiger partial charge in [0, 0.05) is 34.8 Å². The molecule has 0 amide bonds. The molecule has 2 aromatic carbocycles. The van der Waals surface area contributed by atoms with Gasteiger partial charge in [0.15, 0.2) is 12.4 Å². The fourth-order valence-corrected chi connectivity index (χ4v) is 3.27. The number of ketones is 1. The van der Waals surface area contributed by atoms with Gasteiger partial charge in [-0.05, 0) is 54.3 Å². The molecular weight excluding hydrogens is 419 g/mol. The lowest BCUT2D eigenvalue weighted by molar-refractivity contribution is -0.683. The third-order valence-corrected chi connectivity index (χ3v) is 4.81. The van der Waals surface area contributed by atoms with Crippen molar-refractivity contribution in [2.75, 3.05) is 0 Å². The van der Waals surface area contributed by atoms with Crippen LogP contribution in [0.15, 0.2) is 79.3 Å². The van der Waals surface area contributed by atoms with Crippen LogP contribution < -0.4 is 21.5 Å². The minimum Gasteiger partial charge on any atom is -1.00 e. The summed E-state index contributed by atoms with van der Waals surface area (Å²) in [5.41, 5.74) is 4.23. The first kappa shape index (κ1) is 20.0. The summed E-state index contributed by atoms with van der Waals surface area (Å²) in [5.74, 6) is -0.370. The monoisotopic (exact) mass is 438 g/mol. The SMILES string of the molecule is O=C(C[n+]1ccc(CCc2c[nH]c3ccccc23)cc1)c1ccc(F)cc1.[Br-]. The zero-order valence-electron chi connectivity index (χ0n) is 15.2. The number of fused-ring (bicyclic) bond motifs is 1. The van der Waals surface area contributed by atoms with Crippen LogP contribution in [0, 0.1) is 5.82 Å². The Morgan fingerprint density at radius 2 is 1.64 bits per heavy atom. The molecule has 0 fully saturated rings. The van der Waals surface area contributed by atoms with E-state index < -0.39 is 0 Å². The van der Waals surface area contributed by atoms with Crippen molar-refractivity contribution in [1.29, 1.82) is 0 Å². The standard InChI is InChI=1S/C23H20FN2O.BrH/c24-20-9-7-18(8-10-20)23(27)16-26-13-11-17(12-14-26)5-6-19-15-25-22-4-2-1-3-21(19)22;/h1-4,7-15,25H,5-6,16H2;1H/q+1;/p-1. The number of para-hydroxylation sites is 1. The molecule has 5 heteroatoms. The summed E-state index contributed by atoms with van der Waals surface area (Å²) in [7, 11) is 0. The van der Waals surface area contributed by atoms with E-state index in [0.717, 1.165) is 18.4 Å². The maximum Gasteiger partial charge on any atom is 0.227 e. The average Bonchev–Trinajstić information content (AvgIpc) is 3.11. The Hall–Kier alpha value is -2.79. The van der Waals surface area contributed by atoms with E-state index in [1.165, 1.54) is 40.8 Å². The quantitative estimate of drug-likeness (QED) is 0.357. The molecule has 2 heterocycles. The molecule has 0 bridgehead atoms. The van der Waals surface area contributed by atoms with Crippen LogP contribution in [0.1, 0.15) is 21.5 Å². The number of halogens is 2. The van der Waals surface area contributed by atoms with E-state index in [9.17, 15) is 9.18 Å². The number of nitrogens with one attached hydrogen (secondary N) is 1. The molecule has 2 aromatic heterocycles. The lowest BCUT2D eigenvalue weighted by Gasteiger charge is -2.02. The molecular formula is C23H20BrFN2O. The van der Waals surface area contributed by atoms with Crippen LogP contribution in [0.2, 0.25) is 0 Å². The molecule has 0 aliphatic rings. The Kier molecular flexibility index (Phi) is 6.37. The number of nitrogens with zero attached hydrogens (tertiary/aromatic N) is 1. The number of benzene rings is 2. The lowest BCUT2D eigenvalue weighted by atomic mass is 10.0. The van der Waals surface area contributed by atoms with Crippen molar-refractivity contribution in [3.05, 3.63) is 102 Å². The van der Waals surface area contributed by atoms with Gasteiger partial charge in [-0.3, -0.25) is 4.79 Å². The molecule has 3 nitrogen and oxygen atoms in total. The van der Waals surface area contributed by atoms with E-state index in [1.807, 2.05) is 35.2 Å². The molecule has 28 heavy (non-hydrogen) atoms. The summed E-state index contributed by atoms with van der Waals surface area (Å²) in [5, 5.41) is 1.27. The molecule has 0 saturated carbocycles. The van der Waals surface area contributed by atoms with E-state index in [-0.39, 0.29) is 35.1 Å². The fraction of sp³-hybridized carbons (Fsp3) is 0.130. The van der Waals surface area contributed by atoms with Crippen molar-refractivity contribution < 1.29 is 30.7 Å². The predicted molar refractivity (Wildman–Crippen MR) is 103 cm³/mol. The predicted octanol–water partition coefficient (Wildman–Crippen LogP) is 1.27. The van der Waals surface area contributed by atoms with Gasteiger partial charge in [-0.15, -0.1) is 0 Å². The van der Waals surface area contributed by atoms with Crippen LogP contribution in [0.5, 0.6) is 0 Å². The normalized spacial score (nSPS) is 10.6. The highest BCUT2D eigenvalue weighted by Crippen LogP contribution is 2.19. The van der Waals surface area contributed by atoms with E-state index in [4.69, 9.17) is 0 Å². The second-order valence-electron chi connectivity index (χ2n) is 6.67. The summed E-state index contributed by atoms with van der Waals surface area (Å²) < 4.78 is 14.8. The Balaban J connectivity index is 0.00000225. The lowest BCUT2D eigenvalue weighted by Crippen LogP contribution is -3.00. The molecule has 0 aliphatic carbocycles. The molecule has 0 saturated heterocycles. The van der Waals surface area contributed by atoms with Gasteiger partial charge in [0.05, 0.1) is 0 Å². The van der Waals surface area contributed by atoms with E-state index in [2.05, 4.69) is 29.4 Å². The molecule has 0 aliphatic heterocycles. The van der Waals surface area contributed by atoms with E-state index >= 15 is 0 Å². The Labute approximate surface area is 173 Å². The summed E-state index contributed by atoms with van der Waals surface area (Å²) >= 11 is 0. The highest BCUT2D eigenvalue weighted by Gasteiger charge is 2.12. The minimum absolute atomic E-state index is 0. The smallest absolute Gasteiger partial charge is 0.227 e. The molecule has 0 unspecified atom stereocenters. The molecule has 0 spiro atoms. The number of aromatic nitrogens is 2. The Morgan fingerprint density at radius 3 is 2.39 bits per heavy atom. The largest absolute Gasteiger partial charge is 1.00 e. The minimum atomic E-state index is -0.334. The number of pyridine rings is 1. The van der Waals surface area contributed by atoms with Gasteiger partial charge in [0.2, 0.25) is 12.3 Å². The zero-order chi connectivity index (χ0) is 18.6. The second kappa shape index (κ2) is 8.93. The van der Waals surface area contributed by atoms with Crippen LogP contribution in [0.4, 0.5) is 4.39 Å². The van der Waals surface area contributed by atoms with Gasteiger partial charge >= 0.3 is 0 Å². The highest BCUT2D eigenvalue weighted by atomic mass is 79.9. The molecule has 142 valence electrons. The second-order valence-corrected chi connectivity index (χ2v) is 6.67. The third kappa shape index (κ3) is 4.54. The zero-order valence-corrected chi connectivity index (χ0v) is 16.8. The van der Waals surface area contributed by atoms with Gasteiger partial charge < -0.3 is 22.0 Å². The van der Waals surface area contributed by atoms with Gasteiger partial charge in [-0.1, -0.05) is 18.2 Å². The number of carbonyl (C=O) groups excluding carboxylic acids is 1. The number of H-pyrrole nitrogens is 1. The van der Waals surface area contributed by atoms with E-state index in [1.54, 1.807) is 0 Å². The number of Topliss-reactive ketones (excluding diaryl/α,β-unsaturated/α-hetero) is 1. The number of rotatable bonds is 6. The molecule has 4 rings (SSSR count). The van der Waals surface area contributed by atoms with Crippen molar-refractivity contribution in [1.82, 2.24) is 4.98 Å². The maximum atomic E-state index is 13.0. The third-order valence-electron chi connectivity index (χ3n) is 4.81. The van der Waals surface area contributed by atoms with Crippen LogP contribution in [0.25, 0.3) is 10.9 Å². The molecule has 0 radical (unpaired) electrons. The first-order chi connectivity index (χ1) is 13.2. The first-order valence-electron chi connectivity index (χ1n) is 9.01. The Morgan fingerprint density at radius 1 is 0.929 bits per heavy atom. The Bertz CT molecular complexity index is 1070. The van der Waals surface area contributed by atoms with Crippen LogP contribution in [0.3, 0.4) is 0 Å². The fourth-order valence-electron chi connectivity index (χ4n) is 3.27. The van der Waals surface area contributed by atoms with Crippen LogP contribution in [-0.4, -0.2) is 10.8 Å². The van der Waals surface area contributed by atoms with Crippen molar-refractivity contribution in [3.8, 4) is 0 Å². The number of aryl methyl sites for hydroxylation is 2. The summed E-state index contributed by atoms with van der Waals surface area (Å²) in [6.07, 6.45) is 7.82. The summed E-state index contributed by atoms with van der Waals surface area (Å²) in [4.78, 5) is 15.6. The highest BCUT2D eigenvalue weighted by molar-refractivity contribution is 5.94. The number of hydrogen-bond donors (Lipinski definition) is 1. The van der Waals surface area contributed by atoms with Crippen molar-refractivity contribution in [2.45, 2.75) is 19.4 Å². The average molecular weight is 439 g/mol. The molecule has 0 atom stereocenters. The number of aromatic amines is 1. The van der Waals surface area contributed by atoms with Crippen LogP contribution in [-0.2, 0) is 19.4 Å². The van der Waals surface area contributed by atoms with Gasteiger partial charge in [-0.2, -0.15) is 4.57 Å². The number of carbonyl (C=O) groups is 1. The molecule has 1 N–H and O–H groups in total. The first-order valence-corrected chi connectivity index (χ1v) is 9.01.